The van der Waals surface area contributed by atoms with Crippen LogP contribution >= 0.6 is 0 Å². The summed E-state index contributed by atoms with van der Waals surface area (Å²) in [5.74, 6) is -0.389. The Labute approximate surface area is 201 Å². The van der Waals surface area contributed by atoms with E-state index in [-0.39, 0.29) is 56.1 Å². The SMILES string of the molecule is O=C(Cn1nncc1COCC1C(O)CC1CO)C1=CCC(CC2OC(CO)C(O)C(O)C2O)=N1. The van der Waals surface area contributed by atoms with Crippen LogP contribution in [0.4, 0.5) is 0 Å². The first-order valence-corrected chi connectivity index (χ1v) is 11.7. The molecule has 194 valence electrons. The predicted octanol–water partition coefficient (Wildman–Crippen LogP) is -2.69. The second kappa shape index (κ2) is 11.3. The van der Waals surface area contributed by atoms with Crippen molar-refractivity contribution < 1.29 is 44.9 Å². The molecular formula is C22H32N4O9. The number of hydrogen-bond donors (Lipinski definition) is 6. The minimum atomic E-state index is -1.46. The number of ether oxygens (including phenoxy) is 2. The summed E-state index contributed by atoms with van der Waals surface area (Å²) in [6, 6.07) is 0. The van der Waals surface area contributed by atoms with Crippen LogP contribution in [0.15, 0.2) is 23.0 Å². The smallest absolute Gasteiger partial charge is 0.202 e. The van der Waals surface area contributed by atoms with Crippen LogP contribution < -0.4 is 0 Å². The lowest BCUT2D eigenvalue weighted by atomic mass is 9.72. The molecule has 35 heavy (non-hydrogen) atoms. The highest BCUT2D eigenvalue weighted by Crippen LogP contribution is 2.34. The van der Waals surface area contributed by atoms with Gasteiger partial charge in [0.15, 0.2) is 0 Å². The zero-order valence-electron chi connectivity index (χ0n) is 19.1. The molecule has 13 nitrogen and oxygen atoms in total. The van der Waals surface area contributed by atoms with E-state index in [4.69, 9.17) is 9.47 Å². The van der Waals surface area contributed by atoms with Crippen molar-refractivity contribution in [3.05, 3.63) is 23.7 Å². The number of aliphatic hydroxyl groups is 6. The van der Waals surface area contributed by atoms with Crippen molar-refractivity contribution in [3.8, 4) is 0 Å². The minimum absolute atomic E-state index is 0.00702. The molecule has 1 aromatic heterocycles. The summed E-state index contributed by atoms with van der Waals surface area (Å²) in [5.41, 5.74) is 1.38. The van der Waals surface area contributed by atoms with Crippen molar-refractivity contribution in [3.63, 3.8) is 0 Å². The summed E-state index contributed by atoms with van der Waals surface area (Å²) in [5, 5.41) is 66.3. The number of aliphatic hydroxyl groups excluding tert-OH is 6. The van der Waals surface area contributed by atoms with Gasteiger partial charge in [0.2, 0.25) is 5.78 Å². The topological polar surface area (TPSA) is 200 Å². The highest BCUT2D eigenvalue weighted by molar-refractivity contribution is 6.02. The second-order valence-electron chi connectivity index (χ2n) is 9.27. The van der Waals surface area contributed by atoms with Gasteiger partial charge in [-0.1, -0.05) is 5.21 Å². The van der Waals surface area contributed by atoms with Crippen LogP contribution in [0.25, 0.3) is 0 Å². The number of Topliss-reactive ketones (excluding diaryl/α,β-unsaturated/α-hetero) is 1. The molecule has 3 aliphatic rings. The fourth-order valence-corrected chi connectivity index (χ4v) is 4.64. The third-order valence-corrected chi connectivity index (χ3v) is 6.95. The first kappa shape index (κ1) is 26.0. The summed E-state index contributed by atoms with van der Waals surface area (Å²) in [6.45, 7) is -0.183. The number of hydrogen-bond acceptors (Lipinski definition) is 12. The number of aliphatic imine (C=N–C) groups is 1. The van der Waals surface area contributed by atoms with Gasteiger partial charge in [-0.2, -0.15) is 0 Å². The maximum atomic E-state index is 12.8. The van der Waals surface area contributed by atoms with Crippen molar-refractivity contribution in [2.24, 2.45) is 16.8 Å². The molecule has 0 spiro atoms. The van der Waals surface area contributed by atoms with Gasteiger partial charge >= 0.3 is 0 Å². The monoisotopic (exact) mass is 496 g/mol. The number of nitrogens with zero attached hydrogens (tertiary/aromatic N) is 4. The van der Waals surface area contributed by atoms with Crippen LogP contribution in [0, 0.1) is 11.8 Å². The van der Waals surface area contributed by atoms with Gasteiger partial charge in [0.1, 0.15) is 36.7 Å². The molecule has 0 radical (unpaired) electrons. The molecule has 8 atom stereocenters. The summed E-state index contributed by atoms with van der Waals surface area (Å²) < 4.78 is 12.6. The third kappa shape index (κ3) is 5.67. The van der Waals surface area contributed by atoms with Gasteiger partial charge in [-0.15, -0.1) is 5.10 Å². The third-order valence-electron chi connectivity index (χ3n) is 6.95. The van der Waals surface area contributed by atoms with E-state index >= 15 is 0 Å². The lowest BCUT2D eigenvalue weighted by Gasteiger charge is -2.40. The summed E-state index contributed by atoms with van der Waals surface area (Å²) >= 11 is 0. The molecule has 4 rings (SSSR count). The molecule has 0 amide bonds. The predicted molar refractivity (Wildman–Crippen MR) is 118 cm³/mol. The maximum absolute atomic E-state index is 12.8. The fraction of sp³-hybridized carbons (Fsp3) is 0.727. The molecule has 0 bridgehead atoms. The van der Waals surface area contributed by atoms with Gasteiger partial charge < -0.3 is 40.1 Å². The van der Waals surface area contributed by atoms with Crippen molar-refractivity contribution >= 4 is 11.5 Å². The number of aromatic nitrogens is 3. The Balaban J connectivity index is 1.29. The Kier molecular flexibility index (Phi) is 8.39. The molecule has 3 heterocycles. The van der Waals surface area contributed by atoms with Gasteiger partial charge in [0.25, 0.3) is 0 Å². The van der Waals surface area contributed by atoms with E-state index in [9.17, 15) is 35.4 Å². The zero-order valence-corrected chi connectivity index (χ0v) is 19.1. The first-order valence-electron chi connectivity index (χ1n) is 11.7. The summed E-state index contributed by atoms with van der Waals surface area (Å²) in [4.78, 5) is 17.1. The Hall–Kier alpha value is -2.10. The molecule has 6 N–H and O–H groups in total. The Morgan fingerprint density at radius 3 is 2.60 bits per heavy atom. The molecule has 1 aliphatic carbocycles. The van der Waals surface area contributed by atoms with Crippen LogP contribution in [-0.4, -0.2) is 114 Å². The molecule has 1 saturated carbocycles. The van der Waals surface area contributed by atoms with Gasteiger partial charge in [-0.05, 0) is 18.4 Å². The average Bonchev–Trinajstić information content (AvgIpc) is 3.50. The Morgan fingerprint density at radius 2 is 1.89 bits per heavy atom. The lowest BCUT2D eigenvalue weighted by molar-refractivity contribution is -0.227. The maximum Gasteiger partial charge on any atom is 0.202 e. The zero-order chi connectivity index (χ0) is 25.1. The first-order chi connectivity index (χ1) is 16.8. The van der Waals surface area contributed by atoms with E-state index in [0.717, 1.165) is 0 Å². The standard InChI is InChI=1S/C22H32N4O9/c27-7-11-3-16(29)14(11)10-34-9-13-5-23-25-26(13)6-17(30)15-2-1-12(24-15)4-18-20(31)22(33)21(32)19(8-28)35-18/h2,5,11,14,16,18-22,27-29,31-33H,1,3-4,6-10H2. The van der Waals surface area contributed by atoms with E-state index in [0.29, 0.717) is 24.2 Å². The quantitative estimate of drug-likeness (QED) is 0.186. The van der Waals surface area contributed by atoms with Gasteiger partial charge in [-0.25, -0.2) is 4.68 Å². The molecule has 0 aromatic carbocycles. The lowest BCUT2D eigenvalue weighted by Crippen LogP contribution is -2.58. The molecule has 2 aliphatic heterocycles. The van der Waals surface area contributed by atoms with E-state index in [1.807, 2.05) is 0 Å². The van der Waals surface area contributed by atoms with Crippen LogP contribution in [0.3, 0.4) is 0 Å². The van der Waals surface area contributed by atoms with Crippen LogP contribution in [-0.2, 0) is 27.4 Å². The fourth-order valence-electron chi connectivity index (χ4n) is 4.64. The number of carbonyl (C=O) groups excluding carboxylic acids is 1. The van der Waals surface area contributed by atoms with Crippen LogP contribution in [0.1, 0.15) is 25.0 Å². The van der Waals surface area contributed by atoms with E-state index < -0.39 is 43.2 Å². The largest absolute Gasteiger partial charge is 0.396 e. The minimum Gasteiger partial charge on any atom is -0.396 e. The van der Waals surface area contributed by atoms with Gasteiger partial charge in [0.05, 0.1) is 43.9 Å². The number of rotatable bonds is 11. The number of allylic oxidation sites excluding steroid dienone is 2. The van der Waals surface area contributed by atoms with E-state index in [1.165, 1.54) is 10.9 Å². The number of ketones is 1. The van der Waals surface area contributed by atoms with Gasteiger partial charge in [0, 0.05) is 31.1 Å². The van der Waals surface area contributed by atoms with Crippen molar-refractivity contribution in [2.45, 2.75) is 69.0 Å². The molecule has 1 aromatic rings. The molecule has 13 heteroatoms. The molecule has 1 saturated heterocycles. The van der Waals surface area contributed by atoms with E-state index in [2.05, 4.69) is 15.3 Å². The van der Waals surface area contributed by atoms with Gasteiger partial charge in [-0.3, -0.25) is 9.79 Å². The number of carbonyl (C=O) groups is 1. The molecule has 2 fully saturated rings. The molecule has 8 unspecified atom stereocenters. The molecular weight excluding hydrogens is 464 g/mol. The van der Waals surface area contributed by atoms with Crippen molar-refractivity contribution in [2.75, 3.05) is 19.8 Å². The van der Waals surface area contributed by atoms with E-state index in [1.54, 1.807) is 6.08 Å². The Bertz CT molecular complexity index is 949. The highest BCUT2D eigenvalue weighted by atomic mass is 16.5. The van der Waals surface area contributed by atoms with Crippen molar-refractivity contribution in [1.29, 1.82) is 0 Å². The highest BCUT2D eigenvalue weighted by Gasteiger charge is 2.43. The van der Waals surface area contributed by atoms with Crippen LogP contribution in [0.5, 0.6) is 0 Å². The van der Waals surface area contributed by atoms with Crippen LogP contribution in [0.2, 0.25) is 0 Å². The summed E-state index contributed by atoms with van der Waals surface area (Å²) in [6.07, 6.45) is -2.42. The van der Waals surface area contributed by atoms with Crippen molar-refractivity contribution in [1.82, 2.24) is 15.0 Å². The summed E-state index contributed by atoms with van der Waals surface area (Å²) in [7, 11) is 0. The normalized spacial score (nSPS) is 34.9. The average molecular weight is 497 g/mol. The second-order valence-corrected chi connectivity index (χ2v) is 9.27. The Morgan fingerprint density at radius 1 is 1.11 bits per heavy atom.